The summed E-state index contributed by atoms with van der Waals surface area (Å²) >= 11 is 0. The molecule has 0 aliphatic carbocycles. The minimum atomic E-state index is 0. The Labute approximate surface area is 189 Å². The number of hydrogen-bond donors (Lipinski definition) is 0. The van der Waals surface area contributed by atoms with Gasteiger partial charge in [0, 0.05) is 25.8 Å². The summed E-state index contributed by atoms with van der Waals surface area (Å²) in [5.41, 5.74) is 7.00. The molecule has 0 saturated heterocycles. The smallest absolute Gasteiger partial charge is 0.187 e. The molecule has 0 atom stereocenters. The van der Waals surface area contributed by atoms with E-state index in [2.05, 4.69) is 59.7 Å². The van der Waals surface area contributed by atoms with Gasteiger partial charge in [-0.05, 0) is 47.9 Å². The van der Waals surface area contributed by atoms with Crippen molar-refractivity contribution >= 4 is 27.5 Å². The molecule has 0 amide bonds. The fourth-order valence-electron chi connectivity index (χ4n) is 4.03. The van der Waals surface area contributed by atoms with Crippen molar-refractivity contribution in [3.63, 3.8) is 0 Å². The summed E-state index contributed by atoms with van der Waals surface area (Å²) in [6.45, 7) is 11.7. The van der Waals surface area contributed by atoms with Gasteiger partial charge in [0.15, 0.2) is 5.69 Å². The third-order valence-electron chi connectivity index (χ3n) is 5.36. The molecule has 5 rings (SSSR count). The number of fused-ring (bicyclic) bond motifs is 3. The molecule has 3 nitrogen and oxygen atoms in total. The summed E-state index contributed by atoms with van der Waals surface area (Å²) in [5, 5.41) is 2.13. The molecule has 1 radical (unpaired) electrons. The summed E-state index contributed by atoms with van der Waals surface area (Å²) in [5.74, 6) is 0.860. The van der Waals surface area contributed by atoms with Crippen LogP contribution in [0.5, 0.6) is 0 Å². The van der Waals surface area contributed by atoms with Gasteiger partial charge in [-0.25, -0.2) is 4.85 Å². The molecule has 5 aromatic rings. The summed E-state index contributed by atoms with van der Waals surface area (Å²) in [4.78, 5) is 8.65. The van der Waals surface area contributed by atoms with Gasteiger partial charge in [0.1, 0.15) is 0 Å². The molecule has 147 valence electrons. The molecule has 0 fully saturated rings. The Balaban J connectivity index is 0.00000218. The van der Waals surface area contributed by atoms with E-state index in [0.717, 1.165) is 38.9 Å². The van der Waals surface area contributed by atoms with E-state index in [-0.39, 0.29) is 20.1 Å². The van der Waals surface area contributed by atoms with Crippen molar-refractivity contribution in [2.24, 2.45) is 0 Å². The van der Waals surface area contributed by atoms with Gasteiger partial charge in [-0.15, -0.1) is 35.9 Å². The van der Waals surface area contributed by atoms with Crippen molar-refractivity contribution in [3.8, 4) is 17.1 Å². The van der Waals surface area contributed by atoms with Gasteiger partial charge in [0.2, 0.25) is 0 Å². The Kier molecular flexibility index (Phi) is 5.26. The van der Waals surface area contributed by atoms with Crippen molar-refractivity contribution in [1.82, 2.24) is 9.55 Å². The standard InChI is InChI=1S/C26H18N3.Ir/c1-17-8-7-9-18(2)24(17)29-25-22-16-21(27-3)14-12-19(22)13-15-23(25)28-26(29)20-10-5-4-6-11-20;/h4-10,12-16H,1-2H3;/q-1;. The largest absolute Gasteiger partial charge is 0.332 e. The van der Waals surface area contributed by atoms with E-state index in [0.29, 0.717) is 5.69 Å². The second kappa shape index (κ2) is 7.88. The number of benzene rings is 4. The zero-order valence-corrected chi connectivity index (χ0v) is 19.0. The number of imidazole rings is 1. The van der Waals surface area contributed by atoms with Crippen LogP contribution < -0.4 is 0 Å². The topological polar surface area (TPSA) is 22.2 Å². The normalized spacial score (nSPS) is 10.7. The molecule has 0 aliphatic rings. The first kappa shape index (κ1) is 20.0. The van der Waals surface area contributed by atoms with Gasteiger partial charge in [-0.3, -0.25) is 4.98 Å². The number of hydrogen-bond acceptors (Lipinski definition) is 1. The van der Waals surface area contributed by atoms with Crippen molar-refractivity contribution < 1.29 is 20.1 Å². The molecule has 4 aromatic carbocycles. The van der Waals surface area contributed by atoms with E-state index in [4.69, 9.17) is 11.6 Å². The Morgan fingerprint density at radius 3 is 2.40 bits per heavy atom. The van der Waals surface area contributed by atoms with Crippen LogP contribution in [0.1, 0.15) is 11.1 Å². The molecule has 0 saturated carbocycles. The number of aromatic nitrogens is 2. The minimum Gasteiger partial charge on any atom is -0.332 e. The summed E-state index contributed by atoms with van der Waals surface area (Å²) in [6, 6.07) is 27.6. The molecule has 0 unspecified atom stereocenters. The Morgan fingerprint density at radius 1 is 0.933 bits per heavy atom. The number of para-hydroxylation sites is 1. The molecule has 4 heteroatoms. The maximum Gasteiger partial charge on any atom is 0.187 e. The molecular weight excluding hydrogens is 547 g/mol. The minimum absolute atomic E-state index is 0. The molecule has 30 heavy (non-hydrogen) atoms. The van der Waals surface area contributed by atoms with Gasteiger partial charge in [-0.1, -0.05) is 36.4 Å². The summed E-state index contributed by atoms with van der Waals surface area (Å²) in [6.07, 6.45) is 0. The van der Waals surface area contributed by atoms with Crippen molar-refractivity contribution in [3.05, 3.63) is 101 Å². The maximum atomic E-state index is 7.45. The van der Waals surface area contributed by atoms with E-state index < -0.39 is 0 Å². The summed E-state index contributed by atoms with van der Waals surface area (Å²) < 4.78 is 2.24. The van der Waals surface area contributed by atoms with Gasteiger partial charge in [-0.2, -0.15) is 0 Å². The average Bonchev–Trinajstić information content (AvgIpc) is 3.14. The molecule has 0 spiro atoms. The molecule has 1 aromatic heterocycles. The third kappa shape index (κ3) is 3.13. The molecular formula is C26H18IrN3-. The maximum absolute atomic E-state index is 7.45. The quantitative estimate of drug-likeness (QED) is 0.216. The van der Waals surface area contributed by atoms with Crippen LogP contribution in [0, 0.1) is 26.5 Å². The monoisotopic (exact) mass is 565 g/mol. The van der Waals surface area contributed by atoms with E-state index in [1.807, 2.05) is 42.5 Å². The number of nitrogens with zero attached hydrogens (tertiary/aromatic N) is 3. The fourth-order valence-corrected chi connectivity index (χ4v) is 4.03. The molecule has 0 bridgehead atoms. The zero-order chi connectivity index (χ0) is 20.0. The predicted molar refractivity (Wildman–Crippen MR) is 119 cm³/mol. The van der Waals surface area contributed by atoms with Crippen LogP contribution in [0.15, 0.2) is 72.8 Å². The van der Waals surface area contributed by atoms with E-state index >= 15 is 0 Å². The van der Waals surface area contributed by atoms with Gasteiger partial charge < -0.3 is 4.57 Å². The van der Waals surface area contributed by atoms with Crippen molar-refractivity contribution in [1.29, 1.82) is 0 Å². The Hall–Kier alpha value is -3.25. The summed E-state index contributed by atoms with van der Waals surface area (Å²) in [7, 11) is 0. The van der Waals surface area contributed by atoms with Crippen LogP contribution in [-0.2, 0) is 20.1 Å². The SMILES string of the molecule is [C-]#[N+]c1ccc2ccc3nc(-c4[c-]cccc4)n(-c4c(C)cccc4C)c3c2c1.[Ir]. The van der Waals surface area contributed by atoms with Crippen LogP contribution in [0.4, 0.5) is 5.69 Å². The third-order valence-corrected chi connectivity index (χ3v) is 5.36. The van der Waals surface area contributed by atoms with Crippen LogP contribution in [-0.4, -0.2) is 9.55 Å². The first-order chi connectivity index (χ1) is 14.2. The predicted octanol–water partition coefficient (Wildman–Crippen LogP) is 6.81. The van der Waals surface area contributed by atoms with Gasteiger partial charge >= 0.3 is 0 Å². The van der Waals surface area contributed by atoms with Crippen LogP contribution in [0.3, 0.4) is 0 Å². The Bertz CT molecular complexity index is 1410. The van der Waals surface area contributed by atoms with E-state index in [1.165, 1.54) is 11.1 Å². The first-order valence-corrected chi connectivity index (χ1v) is 9.54. The van der Waals surface area contributed by atoms with Gasteiger partial charge in [0.25, 0.3) is 0 Å². The van der Waals surface area contributed by atoms with Crippen LogP contribution in [0.25, 0.3) is 43.7 Å². The number of aryl methyl sites for hydroxylation is 2. The first-order valence-electron chi connectivity index (χ1n) is 9.54. The number of rotatable bonds is 2. The van der Waals surface area contributed by atoms with E-state index in [9.17, 15) is 0 Å². The Morgan fingerprint density at radius 2 is 1.70 bits per heavy atom. The van der Waals surface area contributed by atoms with Gasteiger partial charge in [0.05, 0.1) is 23.4 Å². The zero-order valence-electron chi connectivity index (χ0n) is 16.6. The van der Waals surface area contributed by atoms with E-state index in [1.54, 1.807) is 0 Å². The average molecular weight is 565 g/mol. The molecule has 0 aliphatic heterocycles. The second-order valence-electron chi connectivity index (χ2n) is 7.24. The van der Waals surface area contributed by atoms with Crippen molar-refractivity contribution in [2.45, 2.75) is 13.8 Å². The van der Waals surface area contributed by atoms with Crippen LogP contribution >= 0.6 is 0 Å². The molecule has 0 N–H and O–H groups in total. The van der Waals surface area contributed by atoms with Crippen LogP contribution in [0.2, 0.25) is 0 Å². The van der Waals surface area contributed by atoms with Crippen molar-refractivity contribution in [2.75, 3.05) is 0 Å². The fraction of sp³-hybridized carbons (Fsp3) is 0.0769. The molecule has 1 heterocycles. The second-order valence-corrected chi connectivity index (χ2v) is 7.24.